The summed E-state index contributed by atoms with van der Waals surface area (Å²) in [6, 6.07) is 20.1. The predicted molar refractivity (Wildman–Crippen MR) is 109 cm³/mol. The topological polar surface area (TPSA) is 46.3 Å². The van der Waals surface area contributed by atoms with Gasteiger partial charge in [0.05, 0.1) is 5.92 Å². The van der Waals surface area contributed by atoms with Crippen molar-refractivity contribution in [2.75, 3.05) is 0 Å². The first-order valence-corrected chi connectivity index (χ1v) is 9.23. The van der Waals surface area contributed by atoms with Crippen molar-refractivity contribution in [2.24, 2.45) is 17.6 Å². The summed E-state index contributed by atoms with van der Waals surface area (Å²) in [4.78, 5) is 15.3. The number of halogens is 1. The lowest BCUT2D eigenvalue weighted by atomic mass is 9.93. The lowest BCUT2D eigenvalue weighted by Gasteiger charge is -2.33. The fraction of sp³-hybridized carbons (Fsp3) is 0.409. The molecule has 1 aliphatic carbocycles. The number of hydrogen-bond acceptors (Lipinski definition) is 2. The van der Waals surface area contributed by atoms with Gasteiger partial charge in [-0.05, 0) is 36.8 Å². The zero-order valence-electron chi connectivity index (χ0n) is 15.5. The van der Waals surface area contributed by atoms with Crippen molar-refractivity contribution < 1.29 is 4.79 Å². The van der Waals surface area contributed by atoms with Gasteiger partial charge in [-0.1, -0.05) is 67.6 Å². The predicted octanol–water partition coefficient (Wildman–Crippen LogP) is 4.57. The zero-order valence-corrected chi connectivity index (χ0v) is 16.4. The van der Waals surface area contributed by atoms with Crippen LogP contribution in [0.25, 0.3) is 0 Å². The van der Waals surface area contributed by atoms with E-state index in [2.05, 4.69) is 19.1 Å². The lowest BCUT2D eigenvalue weighted by molar-refractivity contribution is -0.139. The number of benzene rings is 2. The van der Waals surface area contributed by atoms with Gasteiger partial charge in [0, 0.05) is 18.6 Å². The molecule has 2 N–H and O–H groups in total. The van der Waals surface area contributed by atoms with E-state index < -0.39 is 0 Å². The van der Waals surface area contributed by atoms with Gasteiger partial charge in [0.25, 0.3) is 0 Å². The number of nitrogens with two attached hydrogens (primary N) is 1. The molecule has 2 aromatic rings. The molecule has 3 atom stereocenters. The molecule has 1 aliphatic rings. The molecule has 0 bridgehead atoms. The maximum absolute atomic E-state index is 13.3. The van der Waals surface area contributed by atoms with Crippen molar-refractivity contribution >= 4 is 18.3 Å². The van der Waals surface area contributed by atoms with E-state index >= 15 is 0 Å². The molecule has 26 heavy (non-hydrogen) atoms. The van der Waals surface area contributed by atoms with Gasteiger partial charge in [-0.2, -0.15) is 0 Å². The fourth-order valence-corrected chi connectivity index (χ4v) is 3.41. The highest BCUT2D eigenvalue weighted by Gasteiger charge is 2.37. The average molecular weight is 373 g/mol. The molecule has 0 radical (unpaired) electrons. The van der Waals surface area contributed by atoms with Gasteiger partial charge in [0.1, 0.15) is 0 Å². The summed E-state index contributed by atoms with van der Waals surface area (Å²) in [6.07, 6.45) is 2.44. The molecular weight excluding hydrogens is 344 g/mol. The van der Waals surface area contributed by atoms with Crippen molar-refractivity contribution in [1.82, 2.24) is 4.90 Å². The number of carbonyl (C=O) groups excluding carboxylic acids is 1. The molecule has 3 rings (SSSR count). The Labute approximate surface area is 163 Å². The summed E-state index contributed by atoms with van der Waals surface area (Å²) in [6.45, 7) is 4.79. The van der Waals surface area contributed by atoms with Crippen molar-refractivity contribution in [3.8, 4) is 0 Å². The van der Waals surface area contributed by atoms with E-state index in [1.54, 1.807) is 0 Å². The maximum Gasteiger partial charge on any atom is 0.227 e. The third-order valence-electron chi connectivity index (χ3n) is 5.39. The Bertz CT molecular complexity index is 688. The molecule has 0 aliphatic heterocycles. The summed E-state index contributed by atoms with van der Waals surface area (Å²) in [7, 11) is 0. The Morgan fingerprint density at radius 3 is 2.12 bits per heavy atom. The molecule has 0 saturated heterocycles. The second-order valence-corrected chi connectivity index (χ2v) is 7.25. The fourth-order valence-electron chi connectivity index (χ4n) is 3.41. The van der Waals surface area contributed by atoms with Crippen LogP contribution >= 0.6 is 12.4 Å². The minimum absolute atomic E-state index is 0. The second kappa shape index (κ2) is 9.20. The zero-order chi connectivity index (χ0) is 17.8. The average Bonchev–Trinajstić information content (AvgIpc) is 3.50. The van der Waals surface area contributed by atoms with Gasteiger partial charge in [-0.3, -0.25) is 4.79 Å². The van der Waals surface area contributed by atoms with E-state index in [0.717, 1.165) is 5.56 Å². The number of carbonyl (C=O) groups is 1. The SMILES string of the molecule is CC(C(=O)N(Cc1ccccc1)C(C)C1CC1)C(N)c1ccccc1.Cl. The second-order valence-electron chi connectivity index (χ2n) is 7.25. The smallest absolute Gasteiger partial charge is 0.227 e. The van der Waals surface area contributed by atoms with Crippen LogP contribution in [0.2, 0.25) is 0 Å². The van der Waals surface area contributed by atoms with Gasteiger partial charge in [-0.15, -0.1) is 12.4 Å². The summed E-state index contributed by atoms with van der Waals surface area (Å²) in [5, 5.41) is 0. The standard InChI is InChI=1S/C22H28N2O.ClH/c1-16(21(23)20-11-7-4-8-12-20)22(25)24(17(2)19-13-14-19)15-18-9-5-3-6-10-18;/h3-12,16-17,19,21H,13-15,23H2,1-2H3;1H. The van der Waals surface area contributed by atoms with Crippen LogP contribution in [-0.2, 0) is 11.3 Å². The molecule has 1 saturated carbocycles. The van der Waals surface area contributed by atoms with Gasteiger partial charge in [0.2, 0.25) is 5.91 Å². The van der Waals surface area contributed by atoms with Gasteiger partial charge in [0.15, 0.2) is 0 Å². The minimum atomic E-state index is -0.279. The third kappa shape index (κ3) is 4.87. The Balaban J connectivity index is 0.00000243. The van der Waals surface area contributed by atoms with Crippen molar-refractivity contribution in [3.63, 3.8) is 0 Å². The lowest BCUT2D eigenvalue weighted by Crippen LogP contribution is -2.44. The highest BCUT2D eigenvalue weighted by molar-refractivity contribution is 5.85. The molecule has 0 aromatic heterocycles. The highest BCUT2D eigenvalue weighted by Crippen LogP contribution is 2.36. The van der Waals surface area contributed by atoms with Crippen LogP contribution in [0, 0.1) is 11.8 Å². The minimum Gasteiger partial charge on any atom is -0.335 e. The van der Waals surface area contributed by atoms with Crippen LogP contribution in [0.5, 0.6) is 0 Å². The quantitative estimate of drug-likeness (QED) is 0.773. The Morgan fingerprint density at radius 1 is 1.04 bits per heavy atom. The van der Waals surface area contributed by atoms with Crippen LogP contribution in [-0.4, -0.2) is 16.8 Å². The number of rotatable bonds is 7. The number of hydrogen-bond donors (Lipinski definition) is 1. The molecule has 1 fully saturated rings. The molecule has 140 valence electrons. The van der Waals surface area contributed by atoms with E-state index in [0.29, 0.717) is 12.5 Å². The first kappa shape index (κ1) is 20.5. The van der Waals surface area contributed by atoms with Crippen molar-refractivity contribution in [3.05, 3.63) is 71.8 Å². The Morgan fingerprint density at radius 2 is 1.58 bits per heavy atom. The summed E-state index contributed by atoms with van der Waals surface area (Å²) in [5.74, 6) is 0.541. The normalized spacial score (nSPS) is 16.9. The number of nitrogens with zero attached hydrogens (tertiary/aromatic N) is 1. The first-order valence-electron chi connectivity index (χ1n) is 9.23. The molecule has 2 aromatic carbocycles. The van der Waals surface area contributed by atoms with Crippen LogP contribution in [0.3, 0.4) is 0 Å². The molecule has 0 spiro atoms. The van der Waals surface area contributed by atoms with Crippen LogP contribution in [0.15, 0.2) is 60.7 Å². The third-order valence-corrected chi connectivity index (χ3v) is 5.39. The Kier molecular flexibility index (Phi) is 7.24. The molecule has 4 heteroatoms. The molecular formula is C22H29ClN2O. The van der Waals surface area contributed by atoms with E-state index in [9.17, 15) is 4.79 Å². The van der Waals surface area contributed by atoms with Crippen LogP contribution in [0.1, 0.15) is 43.9 Å². The first-order chi connectivity index (χ1) is 12.1. The molecule has 3 unspecified atom stereocenters. The van der Waals surface area contributed by atoms with Gasteiger partial charge < -0.3 is 10.6 Å². The van der Waals surface area contributed by atoms with E-state index in [-0.39, 0.29) is 36.3 Å². The summed E-state index contributed by atoms with van der Waals surface area (Å²) in [5.41, 5.74) is 8.60. The van der Waals surface area contributed by atoms with Gasteiger partial charge >= 0.3 is 0 Å². The summed E-state index contributed by atoms with van der Waals surface area (Å²) < 4.78 is 0. The maximum atomic E-state index is 13.3. The largest absolute Gasteiger partial charge is 0.335 e. The van der Waals surface area contributed by atoms with Crippen molar-refractivity contribution in [2.45, 2.75) is 45.3 Å². The highest BCUT2D eigenvalue weighted by atomic mass is 35.5. The van der Waals surface area contributed by atoms with Crippen molar-refractivity contribution in [1.29, 1.82) is 0 Å². The van der Waals surface area contributed by atoms with E-state index in [1.807, 2.05) is 60.4 Å². The van der Waals surface area contributed by atoms with Crippen LogP contribution in [0.4, 0.5) is 0 Å². The van der Waals surface area contributed by atoms with Crippen LogP contribution < -0.4 is 5.73 Å². The molecule has 1 amide bonds. The Hall–Kier alpha value is -1.84. The summed E-state index contributed by atoms with van der Waals surface area (Å²) >= 11 is 0. The number of amides is 1. The van der Waals surface area contributed by atoms with E-state index in [1.165, 1.54) is 18.4 Å². The van der Waals surface area contributed by atoms with E-state index in [4.69, 9.17) is 5.73 Å². The molecule has 0 heterocycles. The monoisotopic (exact) mass is 372 g/mol. The van der Waals surface area contributed by atoms with Gasteiger partial charge in [-0.25, -0.2) is 0 Å². The molecule has 3 nitrogen and oxygen atoms in total.